The van der Waals surface area contributed by atoms with Gasteiger partial charge in [-0.05, 0) is 59.5 Å². The molecule has 0 aliphatic carbocycles. The molecule has 0 saturated carbocycles. The zero-order valence-corrected chi connectivity index (χ0v) is 12.4. The van der Waals surface area contributed by atoms with Crippen LogP contribution in [0, 0.1) is 0 Å². The SMILES string of the molecule is CSCCC(C)NC(=O)c1cc(N)ccc1Br. The van der Waals surface area contributed by atoms with Crippen molar-refractivity contribution in [1.82, 2.24) is 5.32 Å². The summed E-state index contributed by atoms with van der Waals surface area (Å²) in [4.78, 5) is 12.0. The quantitative estimate of drug-likeness (QED) is 0.821. The number of hydrogen-bond donors (Lipinski definition) is 2. The Morgan fingerprint density at radius 2 is 2.29 bits per heavy atom. The predicted molar refractivity (Wildman–Crippen MR) is 78.5 cm³/mol. The van der Waals surface area contributed by atoms with Crippen LogP contribution >= 0.6 is 27.7 Å². The van der Waals surface area contributed by atoms with Gasteiger partial charge in [0, 0.05) is 16.2 Å². The molecule has 1 rings (SSSR count). The highest BCUT2D eigenvalue weighted by Crippen LogP contribution is 2.19. The topological polar surface area (TPSA) is 55.1 Å². The van der Waals surface area contributed by atoms with Crippen LogP contribution in [0.5, 0.6) is 0 Å². The lowest BCUT2D eigenvalue weighted by atomic mass is 10.1. The normalized spacial score (nSPS) is 12.2. The molecule has 0 aliphatic heterocycles. The largest absolute Gasteiger partial charge is 0.399 e. The lowest BCUT2D eigenvalue weighted by molar-refractivity contribution is 0.0939. The monoisotopic (exact) mass is 316 g/mol. The Morgan fingerprint density at radius 3 is 2.94 bits per heavy atom. The summed E-state index contributed by atoms with van der Waals surface area (Å²) < 4.78 is 0.765. The first-order valence-electron chi connectivity index (χ1n) is 5.39. The van der Waals surface area contributed by atoms with Gasteiger partial charge < -0.3 is 11.1 Å². The summed E-state index contributed by atoms with van der Waals surface area (Å²) in [6, 6.07) is 5.40. The average Bonchev–Trinajstić information content (AvgIpc) is 2.29. The van der Waals surface area contributed by atoms with E-state index < -0.39 is 0 Å². The molecule has 0 saturated heterocycles. The standard InChI is InChI=1S/C12H17BrN2OS/c1-8(5-6-17-2)15-12(16)10-7-9(14)3-4-11(10)13/h3-4,7-8H,5-6,14H2,1-2H3,(H,15,16). The highest BCUT2D eigenvalue weighted by molar-refractivity contribution is 9.10. The molecular formula is C12H17BrN2OS. The molecule has 0 aromatic heterocycles. The molecular weight excluding hydrogens is 300 g/mol. The molecule has 1 aromatic rings. The summed E-state index contributed by atoms with van der Waals surface area (Å²) >= 11 is 5.13. The van der Waals surface area contributed by atoms with Crippen molar-refractivity contribution in [2.75, 3.05) is 17.7 Å². The molecule has 1 unspecified atom stereocenters. The van der Waals surface area contributed by atoms with Crippen molar-refractivity contribution in [2.24, 2.45) is 0 Å². The maximum absolute atomic E-state index is 12.0. The van der Waals surface area contributed by atoms with E-state index in [1.165, 1.54) is 0 Å². The van der Waals surface area contributed by atoms with E-state index in [-0.39, 0.29) is 11.9 Å². The summed E-state index contributed by atoms with van der Waals surface area (Å²) in [6.45, 7) is 2.01. The highest BCUT2D eigenvalue weighted by atomic mass is 79.9. The van der Waals surface area contributed by atoms with Gasteiger partial charge in [-0.1, -0.05) is 0 Å². The number of amides is 1. The number of rotatable bonds is 5. The first-order valence-corrected chi connectivity index (χ1v) is 7.58. The second kappa shape index (κ2) is 6.91. The fourth-order valence-corrected chi connectivity index (χ4v) is 2.40. The molecule has 0 radical (unpaired) electrons. The van der Waals surface area contributed by atoms with Crippen LogP contribution in [0.2, 0.25) is 0 Å². The summed E-state index contributed by atoms with van der Waals surface area (Å²) in [6.07, 6.45) is 3.02. The first kappa shape index (κ1) is 14.4. The van der Waals surface area contributed by atoms with Crippen LogP contribution in [0.25, 0.3) is 0 Å². The van der Waals surface area contributed by atoms with Gasteiger partial charge in [-0.25, -0.2) is 0 Å². The van der Waals surface area contributed by atoms with Crippen LogP contribution < -0.4 is 11.1 Å². The van der Waals surface area contributed by atoms with Crippen molar-refractivity contribution in [3.63, 3.8) is 0 Å². The van der Waals surface area contributed by atoms with Crippen LogP contribution in [0.4, 0.5) is 5.69 Å². The average molecular weight is 317 g/mol. The number of hydrogen-bond acceptors (Lipinski definition) is 3. The third-order valence-corrected chi connectivity index (χ3v) is 3.70. The molecule has 94 valence electrons. The minimum Gasteiger partial charge on any atom is -0.399 e. The summed E-state index contributed by atoms with van der Waals surface area (Å²) in [5.74, 6) is 0.956. The summed E-state index contributed by atoms with van der Waals surface area (Å²) in [5.41, 5.74) is 6.85. The smallest absolute Gasteiger partial charge is 0.252 e. The van der Waals surface area contributed by atoms with E-state index in [1.807, 2.05) is 6.92 Å². The second-order valence-corrected chi connectivity index (χ2v) is 5.74. The molecule has 17 heavy (non-hydrogen) atoms. The van der Waals surface area contributed by atoms with Gasteiger partial charge in [0.2, 0.25) is 0 Å². The van der Waals surface area contributed by atoms with Crippen molar-refractivity contribution in [2.45, 2.75) is 19.4 Å². The molecule has 1 aromatic carbocycles. The lowest BCUT2D eigenvalue weighted by Crippen LogP contribution is -2.33. The fraction of sp³-hybridized carbons (Fsp3) is 0.417. The minimum atomic E-state index is -0.0854. The molecule has 0 fully saturated rings. The zero-order chi connectivity index (χ0) is 12.8. The predicted octanol–water partition coefficient (Wildman–Crippen LogP) is 2.90. The Kier molecular flexibility index (Phi) is 5.85. The number of benzene rings is 1. The van der Waals surface area contributed by atoms with Gasteiger partial charge in [0.15, 0.2) is 0 Å². The third-order valence-electron chi connectivity index (χ3n) is 2.37. The maximum Gasteiger partial charge on any atom is 0.252 e. The van der Waals surface area contributed by atoms with E-state index >= 15 is 0 Å². The van der Waals surface area contributed by atoms with E-state index in [9.17, 15) is 4.79 Å². The number of thioether (sulfide) groups is 1. The molecule has 3 nitrogen and oxygen atoms in total. The Labute approximate surface area is 115 Å². The van der Waals surface area contributed by atoms with Gasteiger partial charge in [-0.3, -0.25) is 4.79 Å². The molecule has 0 bridgehead atoms. The Bertz CT molecular complexity index is 398. The van der Waals surface area contributed by atoms with Crippen molar-refractivity contribution in [1.29, 1.82) is 0 Å². The fourth-order valence-electron chi connectivity index (χ4n) is 1.39. The number of carbonyl (C=O) groups excluding carboxylic acids is 1. The minimum absolute atomic E-state index is 0.0854. The zero-order valence-electron chi connectivity index (χ0n) is 10.00. The number of anilines is 1. The molecule has 1 amide bonds. The van der Waals surface area contributed by atoms with E-state index in [4.69, 9.17) is 5.73 Å². The van der Waals surface area contributed by atoms with Gasteiger partial charge in [0.1, 0.15) is 0 Å². The van der Waals surface area contributed by atoms with Crippen molar-refractivity contribution in [3.8, 4) is 0 Å². The van der Waals surface area contributed by atoms with Crippen molar-refractivity contribution < 1.29 is 4.79 Å². The molecule has 5 heteroatoms. The number of nitrogens with two attached hydrogens (primary N) is 1. The third kappa shape index (κ3) is 4.60. The number of carbonyl (C=O) groups is 1. The Hall–Kier alpha value is -0.680. The second-order valence-electron chi connectivity index (χ2n) is 3.90. The number of halogens is 1. The van der Waals surface area contributed by atoms with Crippen LogP contribution in [0.1, 0.15) is 23.7 Å². The lowest BCUT2D eigenvalue weighted by Gasteiger charge is -2.14. The van der Waals surface area contributed by atoms with Gasteiger partial charge >= 0.3 is 0 Å². The first-order chi connectivity index (χ1) is 8.04. The molecule has 0 aliphatic rings. The van der Waals surface area contributed by atoms with E-state index in [1.54, 1.807) is 30.0 Å². The maximum atomic E-state index is 12.0. The van der Waals surface area contributed by atoms with Crippen LogP contribution in [-0.2, 0) is 0 Å². The van der Waals surface area contributed by atoms with E-state index in [2.05, 4.69) is 27.5 Å². The molecule has 1 atom stereocenters. The van der Waals surface area contributed by atoms with Gasteiger partial charge in [0.05, 0.1) is 5.56 Å². The van der Waals surface area contributed by atoms with E-state index in [0.717, 1.165) is 16.6 Å². The molecule has 0 heterocycles. The highest BCUT2D eigenvalue weighted by Gasteiger charge is 2.12. The van der Waals surface area contributed by atoms with Crippen molar-refractivity contribution >= 4 is 39.3 Å². The van der Waals surface area contributed by atoms with Gasteiger partial charge in [-0.2, -0.15) is 11.8 Å². The van der Waals surface area contributed by atoms with Crippen LogP contribution in [-0.4, -0.2) is 24.0 Å². The molecule has 0 spiro atoms. The number of nitrogens with one attached hydrogen (secondary N) is 1. The Balaban J connectivity index is 2.66. The Morgan fingerprint density at radius 1 is 1.59 bits per heavy atom. The summed E-state index contributed by atoms with van der Waals surface area (Å²) in [7, 11) is 0. The van der Waals surface area contributed by atoms with Crippen molar-refractivity contribution in [3.05, 3.63) is 28.2 Å². The van der Waals surface area contributed by atoms with Crippen LogP contribution in [0.15, 0.2) is 22.7 Å². The van der Waals surface area contributed by atoms with E-state index in [0.29, 0.717) is 11.3 Å². The summed E-state index contributed by atoms with van der Waals surface area (Å²) in [5, 5.41) is 2.96. The van der Waals surface area contributed by atoms with Gasteiger partial charge in [0.25, 0.3) is 5.91 Å². The van der Waals surface area contributed by atoms with Gasteiger partial charge in [-0.15, -0.1) is 0 Å². The van der Waals surface area contributed by atoms with Crippen LogP contribution in [0.3, 0.4) is 0 Å². The molecule has 3 N–H and O–H groups in total. The number of nitrogen functional groups attached to an aromatic ring is 1.